The third kappa shape index (κ3) is 4.80. The molecule has 0 aromatic carbocycles. The molecule has 0 aromatic rings. The molecule has 1 saturated heterocycles. The van der Waals surface area contributed by atoms with Gasteiger partial charge >= 0.3 is 5.97 Å². The molecule has 1 aliphatic heterocycles. The molecule has 0 spiro atoms. The van der Waals surface area contributed by atoms with Gasteiger partial charge in [-0.15, -0.1) is 0 Å². The van der Waals surface area contributed by atoms with Crippen LogP contribution in [-0.4, -0.2) is 43.1 Å². The van der Waals surface area contributed by atoms with Crippen LogP contribution in [0.1, 0.15) is 33.1 Å². The molecule has 0 unspecified atom stereocenters. The summed E-state index contributed by atoms with van der Waals surface area (Å²) in [5.41, 5.74) is 5.29. The van der Waals surface area contributed by atoms with Crippen molar-refractivity contribution in [3.63, 3.8) is 0 Å². The molecular weight excluding hydrogens is 264 g/mol. The number of carbonyl (C=O) groups excluding carboxylic acids is 3. The van der Waals surface area contributed by atoms with E-state index in [0.29, 0.717) is 13.0 Å². The first-order valence-corrected chi connectivity index (χ1v) is 6.82. The van der Waals surface area contributed by atoms with Crippen molar-refractivity contribution in [3.8, 4) is 0 Å². The summed E-state index contributed by atoms with van der Waals surface area (Å²) in [5.74, 6) is -1.88. The lowest BCUT2D eigenvalue weighted by molar-refractivity contribution is -0.145. The van der Waals surface area contributed by atoms with Crippen molar-refractivity contribution in [2.24, 2.45) is 11.7 Å². The Morgan fingerprint density at radius 1 is 1.45 bits per heavy atom. The van der Waals surface area contributed by atoms with Crippen LogP contribution in [0.4, 0.5) is 0 Å². The smallest absolute Gasteiger partial charge is 0.306 e. The molecule has 0 radical (unpaired) electrons. The Labute approximate surface area is 118 Å². The summed E-state index contributed by atoms with van der Waals surface area (Å²) < 4.78 is 10.1. The fourth-order valence-electron chi connectivity index (χ4n) is 2.13. The van der Waals surface area contributed by atoms with Crippen LogP contribution in [-0.2, 0) is 23.9 Å². The zero-order chi connectivity index (χ0) is 15.1. The van der Waals surface area contributed by atoms with Gasteiger partial charge in [-0.25, -0.2) is 0 Å². The average Bonchev–Trinajstić information content (AvgIpc) is 2.89. The fraction of sp³-hybridized carbons (Fsp3) is 0.769. The molecule has 7 heteroatoms. The number of primary amides is 1. The van der Waals surface area contributed by atoms with Gasteiger partial charge in [-0.2, -0.15) is 0 Å². The molecule has 3 N–H and O–H groups in total. The third-order valence-corrected chi connectivity index (χ3v) is 3.19. The van der Waals surface area contributed by atoms with E-state index < -0.39 is 29.9 Å². The molecular formula is C13H22N2O5. The van der Waals surface area contributed by atoms with Crippen LogP contribution >= 0.6 is 0 Å². The number of esters is 1. The lowest BCUT2D eigenvalue weighted by atomic mass is 9.97. The van der Waals surface area contributed by atoms with Crippen LogP contribution in [0, 0.1) is 5.92 Å². The molecule has 0 bridgehead atoms. The maximum absolute atomic E-state index is 11.9. The minimum absolute atomic E-state index is 0.0211. The summed E-state index contributed by atoms with van der Waals surface area (Å²) in [6.07, 6.45) is 0.931. The molecule has 20 heavy (non-hydrogen) atoms. The Morgan fingerprint density at radius 2 is 2.15 bits per heavy atom. The van der Waals surface area contributed by atoms with Crippen molar-refractivity contribution in [1.29, 1.82) is 0 Å². The second-order valence-electron chi connectivity index (χ2n) is 4.88. The van der Waals surface area contributed by atoms with Gasteiger partial charge in [0.1, 0.15) is 12.1 Å². The van der Waals surface area contributed by atoms with Crippen molar-refractivity contribution in [2.45, 2.75) is 45.3 Å². The van der Waals surface area contributed by atoms with Crippen LogP contribution in [0.2, 0.25) is 0 Å². The molecule has 1 heterocycles. The highest BCUT2D eigenvalue weighted by Gasteiger charge is 2.31. The average molecular weight is 286 g/mol. The van der Waals surface area contributed by atoms with E-state index >= 15 is 0 Å². The molecule has 7 nitrogen and oxygen atoms in total. The topological polar surface area (TPSA) is 108 Å². The first kappa shape index (κ1) is 16.4. The first-order chi connectivity index (χ1) is 9.45. The number of nitrogens with one attached hydrogen (secondary N) is 1. The summed E-state index contributed by atoms with van der Waals surface area (Å²) >= 11 is 0. The van der Waals surface area contributed by atoms with E-state index in [1.54, 1.807) is 13.8 Å². The van der Waals surface area contributed by atoms with E-state index in [1.807, 2.05) is 0 Å². The maximum atomic E-state index is 11.9. The quantitative estimate of drug-likeness (QED) is 0.626. The summed E-state index contributed by atoms with van der Waals surface area (Å²) in [5, 5.41) is 2.56. The van der Waals surface area contributed by atoms with Gasteiger partial charge in [0.25, 0.3) is 0 Å². The second-order valence-corrected chi connectivity index (χ2v) is 4.88. The molecule has 0 aliphatic carbocycles. The Hall–Kier alpha value is -1.63. The van der Waals surface area contributed by atoms with Crippen LogP contribution in [0.25, 0.3) is 0 Å². The van der Waals surface area contributed by atoms with Crippen molar-refractivity contribution in [1.82, 2.24) is 5.32 Å². The van der Waals surface area contributed by atoms with Gasteiger partial charge in [0.2, 0.25) is 11.8 Å². The summed E-state index contributed by atoms with van der Waals surface area (Å²) in [6.45, 7) is 4.18. The minimum Gasteiger partial charge on any atom is -0.466 e. The van der Waals surface area contributed by atoms with Gasteiger partial charge in [-0.3, -0.25) is 14.4 Å². The molecule has 1 fully saturated rings. The monoisotopic (exact) mass is 286 g/mol. The van der Waals surface area contributed by atoms with Crippen LogP contribution in [0.15, 0.2) is 0 Å². The zero-order valence-electron chi connectivity index (χ0n) is 11.9. The largest absolute Gasteiger partial charge is 0.466 e. The zero-order valence-corrected chi connectivity index (χ0v) is 11.9. The van der Waals surface area contributed by atoms with Gasteiger partial charge in [0.15, 0.2) is 0 Å². The molecule has 1 aliphatic rings. The Balaban J connectivity index is 2.56. The molecule has 0 saturated carbocycles. The second kappa shape index (κ2) is 7.84. The fourth-order valence-corrected chi connectivity index (χ4v) is 2.13. The molecule has 3 atom stereocenters. The number of hydrogen-bond acceptors (Lipinski definition) is 5. The number of carbonyl (C=O) groups is 3. The van der Waals surface area contributed by atoms with E-state index in [4.69, 9.17) is 15.2 Å². The number of ether oxygens (including phenoxy) is 2. The van der Waals surface area contributed by atoms with E-state index in [2.05, 4.69) is 5.32 Å². The molecule has 2 amide bonds. The number of nitrogens with two attached hydrogens (primary N) is 1. The van der Waals surface area contributed by atoms with Gasteiger partial charge in [-0.1, -0.05) is 6.92 Å². The normalized spacial score (nSPS) is 21.0. The van der Waals surface area contributed by atoms with Crippen molar-refractivity contribution < 1.29 is 23.9 Å². The van der Waals surface area contributed by atoms with Crippen LogP contribution in [0.5, 0.6) is 0 Å². The first-order valence-electron chi connectivity index (χ1n) is 6.82. The van der Waals surface area contributed by atoms with E-state index in [0.717, 1.165) is 6.42 Å². The van der Waals surface area contributed by atoms with Gasteiger partial charge in [-0.05, 0) is 25.7 Å². The van der Waals surface area contributed by atoms with Crippen molar-refractivity contribution in [3.05, 3.63) is 0 Å². The summed E-state index contributed by atoms with van der Waals surface area (Å²) in [6, 6.07) is -0.906. The Bertz CT molecular complexity index is 366. The lowest BCUT2D eigenvalue weighted by Gasteiger charge is -2.23. The molecule has 0 aromatic heterocycles. The van der Waals surface area contributed by atoms with Gasteiger partial charge < -0.3 is 20.5 Å². The highest BCUT2D eigenvalue weighted by molar-refractivity contribution is 5.89. The van der Waals surface area contributed by atoms with Crippen molar-refractivity contribution in [2.75, 3.05) is 13.2 Å². The van der Waals surface area contributed by atoms with Crippen molar-refractivity contribution >= 4 is 17.8 Å². The summed E-state index contributed by atoms with van der Waals surface area (Å²) in [4.78, 5) is 34.8. The standard InChI is InChI=1S/C13H22N2O5/c1-3-19-10(16)7-8(2)11(12(14)17)15-13(18)9-5-4-6-20-9/h8-9,11H,3-7H2,1-2H3,(H2,14,17)(H,15,18)/t8-,9+,11+/m0/s1. The van der Waals surface area contributed by atoms with E-state index in [9.17, 15) is 14.4 Å². The molecule has 1 rings (SSSR count). The Morgan fingerprint density at radius 3 is 2.65 bits per heavy atom. The Kier molecular flexibility index (Phi) is 6.44. The van der Waals surface area contributed by atoms with E-state index in [-0.39, 0.29) is 18.9 Å². The predicted molar refractivity (Wildman–Crippen MR) is 70.5 cm³/mol. The molecule has 114 valence electrons. The SMILES string of the molecule is CCOC(=O)C[C@H](C)[C@@H](NC(=O)[C@H]1CCCO1)C(N)=O. The number of amides is 2. The van der Waals surface area contributed by atoms with Gasteiger partial charge in [0.05, 0.1) is 13.0 Å². The number of hydrogen-bond donors (Lipinski definition) is 2. The lowest BCUT2D eigenvalue weighted by Crippen LogP contribution is -2.51. The minimum atomic E-state index is -0.906. The highest BCUT2D eigenvalue weighted by atomic mass is 16.5. The maximum Gasteiger partial charge on any atom is 0.306 e. The summed E-state index contributed by atoms with van der Waals surface area (Å²) in [7, 11) is 0. The predicted octanol–water partition coefficient (Wildman–Crippen LogP) is -0.275. The van der Waals surface area contributed by atoms with Crippen LogP contribution in [0.3, 0.4) is 0 Å². The van der Waals surface area contributed by atoms with E-state index in [1.165, 1.54) is 0 Å². The van der Waals surface area contributed by atoms with Gasteiger partial charge in [0, 0.05) is 6.61 Å². The third-order valence-electron chi connectivity index (χ3n) is 3.19. The number of rotatable bonds is 7. The van der Waals surface area contributed by atoms with Crippen LogP contribution < -0.4 is 11.1 Å². The highest BCUT2D eigenvalue weighted by Crippen LogP contribution is 2.14.